The molecular weight excluding hydrogens is 422 g/mol. The topological polar surface area (TPSA) is 72.3 Å². The van der Waals surface area contributed by atoms with E-state index in [0.717, 1.165) is 5.56 Å². The first-order valence-electron chi connectivity index (χ1n) is 10.2. The third kappa shape index (κ3) is 3.61. The molecule has 158 valence electrons. The Bertz CT molecular complexity index is 1360. The van der Waals surface area contributed by atoms with Crippen LogP contribution in [0.3, 0.4) is 0 Å². The van der Waals surface area contributed by atoms with Crippen molar-refractivity contribution in [3.63, 3.8) is 0 Å². The number of carbonyl (C=O) groups excluding carboxylic acids is 2. The van der Waals surface area contributed by atoms with E-state index < -0.39 is 0 Å². The van der Waals surface area contributed by atoms with Gasteiger partial charge in [-0.3, -0.25) is 23.9 Å². The molecule has 0 spiro atoms. The number of rotatable bonds is 6. The number of para-hydroxylation sites is 1. The highest BCUT2D eigenvalue weighted by atomic mass is 32.2. The Balaban J connectivity index is 1.41. The van der Waals surface area contributed by atoms with Crippen LogP contribution >= 0.6 is 11.8 Å². The molecule has 6 nitrogen and oxygen atoms in total. The summed E-state index contributed by atoms with van der Waals surface area (Å²) in [5, 5.41) is 1.13. The van der Waals surface area contributed by atoms with Gasteiger partial charge in [-0.15, -0.1) is 0 Å². The number of benzene rings is 3. The van der Waals surface area contributed by atoms with Gasteiger partial charge in [0.25, 0.3) is 17.4 Å². The molecule has 0 fully saturated rings. The SMILES string of the molecule is O=C1c2ccccc2C(=O)N1CCSc1nc2ccccc2c(=O)n1Cc1ccccc1. The molecule has 0 bridgehead atoms. The van der Waals surface area contributed by atoms with Crippen molar-refractivity contribution in [3.8, 4) is 0 Å². The van der Waals surface area contributed by atoms with E-state index in [2.05, 4.69) is 0 Å². The molecule has 0 atom stereocenters. The van der Waals surface area contributed by atoms with Crippen LogP contribution in [0.2, 0.25) is 0 Å². The first-order chi connectivity index (χ1) is 15.6. The lowest BCUT2D eigenvalue weighted by molar-refractivity contribution is 0.0664. The molecule has 3 aromatic carbocycles. The molecule has 0 saturated carbocycles. The number of imide groups is 1. The number of fused-ring (bicyclic) bond motifs is 2. The summed E-state index contributed by atoms with van der Waals surface area (Å²) >= 11 is 1.37. The third-order valence-electron chi connectivity index (χ3n) is 5.43. The fraction of sp³-hybridized carbons (Fsp3) is 0.120. The smallest absolute Gasteiger partial charge is 0.262 e. The average molecular weight is 442 g/mol. The van der Waals surface area contributed by atoms with Crippen LogP contribution in [-0.2, 0) is 6.54 Å². The zero-order valence-electron chi connectivity index (χ0n) is 17.1. The van der Waals surface area contributed by atoms with Gasteiger partial charge in [-0.1, -0.05) is 66.4 Å². The highest BCUT2D eigenvalue weighted by molar-refractivity contribution is 7.99. The van der Waals surface area contributed by atoms with Crippen LogP contribution in [0.1, 0.15) is 26.3 Å². The summed E-state index contributed by atoms with van der Waals surface area (Å²) in [7, 11) is 0. The molecule has 1 aromatic heterocycles. The van der Waals surface area contributed by atoms with E-state index >= 15 is 0 Å². The minimum absolute atomic E-state index is 0.109. The van der Waals surface area contributed by atoms with Crippen molar-refractivity contribution in [1.29, 1.82) is 0 Å². The van der Waals surface area contributed by atoms with Gasteiger partial charge in [0.2, 0.25) is 0 Å². The van der Waals surface area contributed by atoms with Gasteiger partial charge in [-0.25, -0.2) is 4.98 Å². The fourth-order valence-corrected chi connectivity index (χ4v) is 4.76. The second-order valence-corrected chi connectivity index (χ2v) is 8.51. The largest absolute Gasteiger partial charge is 0.283 e. The second-order valence-electron chi connectivity index (χ2n) is 7.44. The molecule has 4 aromatic rings. The number of aromatic nitrogens is 2. The summed E-state index contributed by atoms with van der Waals surface area (Å²) in [5.41, 5.74) is 2.39. The van der Waals surface area contributed by atoms with Crippen molar-refractivity contribution in [2.75, 3.05) is 12.3 Å². The van der Waals surface area contributed by atoms with Crippen molar-refractivity contribution < 1.29 is 9.59 Å². The summed E-state index contributed by atoms with van der Waals surface area (Å²) in [6.45, 7) is 0.637. The number of hydrogen-bond donors (Lipinski definition) is 0. The number of carbonyl (C=O) groups is 2. The molecule has 7 heteroatoms. The van der Waals surface area contributed by atoms with Crippen molar-refractivity contribution in [3.05, 3.63) is 106 Å². The molecule has 0 N–H and O–H groups in total. The van der Waals surface area contributed by atoms with Crippen LogP contribution in [0.25, 0.3) is 10.9 Å². The van der Waals surface area contributed by atoms with E-state index in [9.17, 15) is 14.4 Å². The third-order valence-corrected chi connectivity index (χ3v) is 6.39. The van der Waals surface area contributed by atoms with E-state index in [0.29, 0.717) is 39.5 Å². The maximum Gasteiger partial charge on any atom is 0.262 e. The Morgan fingerprint density at radius 1 is 0.750 bits per heavy atom. The molecular formula is C25H19N3O3S. The van der Waals surface area contributed by atoms with Crippen LogP contribution < -0.4 is 5.56 Å². The molecule has 0 saturated heterocycles. The monoisotopic (exact) mass is 441 g/mol. The molecule has 2 amide bonds. The molecule has 0 aliphatic carbocycles. The van der Waals surface area contributed by atoms with Gasteiger partial charge in [-0.05, 0) is 29.8 Å². The molecule has 32 heavy (non-hydrogen) atoms. The Kier molecular flexibility index (Phi) is 5.33. The lowest BCUT2D eigenvalue weighted by Crippen LogP contribution is -2.32. The van der Waals surface area contributed by atoms with Crippen LogP contribution in [-0.4, -0.2) is 38.6 Å². The predicted molar refractivity (Wildman–Crippen MR) is 124 cm³/mol. The molecule has 0 radical (unpaired) electrons. The number of nitrogens with zero attached hydrogens (tertiary/aromatic N) is 3. The summed E-state index contributed by atoms with van der Waals surface area (Å²) in [6.07, 6.45) is 0. The van der Waals surface area contributed by atoms with Crippen molar-refractivity contribution in [1.82, 2.24) is 14.5 Å². The summed E-state index contributed by atoms with van der Waals surface area (Å²) in [6, 6.07) is 23.9. The van der Waals surface area contributed by atoms with E-state index in [-0.39, 0.29) is 23.9 Å². The van der Waals surface area contributed by atoms with E-state index in [1.54, 1.807) is 34.9 Å². The summed E-state index contributed by atoms with van der Waals surface area (Å²) < 4.78 is 1.66. The first kappa shape index (κ1) is 20.2. The number of amides is 2. The zero-order valence-corrected chi connectivity index (χ0v) is 17.9. The lowest BCUT2D eigenvalue weighted by atomic mass is 10.1. The van der Waals surface area contributed by atoms with Gasteiger partial charge in [0.05, 0.1) is 28.6 Å². The number of hydrogen-bond acceptors (Lipinski definition) is 5. The Morgan fingerprint density at radius 2 is 1.38 bits per heavy atom. The predicted octanol–water partition coefficient (Wildman–Crippen LogP) is 3.83. The van der Waals surface area contributed by atoms with Crippen LogP contribution in [0.4, 0.5) is 0 Å². The quantitative estimate of drug-likeness (QED) is 0.258. The van der Waals surface area contributed by atoms with Gasteiger partial charge < -0.3 is 0 Å². The average Bonchev–Trinajstić information content (AvgIpc) is 3.07. The Hall–Kier alpha value is -3.71. The van der Waals surface area contributed by atoms with Crippen molar-refractivity contribution >= 4 is 34.5 Å². The standard InChI is InChI=1S/C25H19N3O3S/c29-22-18-10-4-5-11-19(18)23(30)27(22)14-15-32-25-26-21-13-7-6-12-20(21)24(31)28(25)16-17-8-2-1-3-9-17/h1-13H,14-16H2. The second kappa shape index (κ2) is 8.43. The van der Waals surface area contributed by atoms with Crippen LogP contribution in [0.15, 0.2) is 88.8 Å². The van der Waals surface area contributed by atoms with Crippen LogP contribution in [0, 0.1) is 0 Å². The number of thioether (sulfide) groups is 1. The minimum atomic E-state index is -0.278. The Labute approximate surface area is 188 Å². The normalized spacial score (nSPS) is 13.1. The van der Waals surface area contributed by atoms with Gasteiger partial charge in [0.15, 0.2) is 5.16 Å². The van der Waals surface area contributed by atoms with Crippen molar-refractivity contribution in [2.24, 2.45) is 0 Å². The zero-order chi connectivity index (χ0) is 22.1. The van der Waals surface area contributed by atoms with E-state index in [1.165, 1.54) is 16.7 Å². The van der Waals surface area contributed by atoms with E-state index in [4.69, 9.17) is 4.98 Å². The first-order valence-corrected chi connectivity index (χ1v) is 11.2. The highest BCUT2D eigenvalue weighted by Crippen LogP contribution is 2.24. The Morgan fingerprint density at radius 3 is 2.09 bits per heavy atom. The minimum Gasteiger partial charge on any atom is -0.283 e. The fourth-order valence-electron chi connectivity index (χ4n) is 3.83. The van der Waals surface area contributed by atoms with Crippen molar-refractivity contribution in [2.45, 2.75) is 11.7 Å². The molecule has 0 unspecified atom stereocenters. The van der Waals surface area contributed by atoms with Gasteiger partial charge >= 0.3 is 0 Å². The molecule has 1 aliphatic heterocycles. The van der Waals surface area contributed by atoms with Gasteiger partial charge in [-0.2, -0.15) is 0 Å². The maximum absolute atomic E-state index is 13.2. The maximum atomic E-state index is 13.2. The molecule has 2 heterocycles. The van der Waals surface area contributed by atoms with Gasteiger partial charge in [0, 0.05) is 12.3 Å². The van der Waals surface area contributed by atoms with E-state index in [1.807, 2.05) is 48.5 Å². The molecule has 5 rings (SSSR count). The summed E-state index contributed by atoms with van der Waals surface area (Å²) in [5.74, 6) is -0.121. The lowest BCUT2D eigenvalue weighted by Gasteiger charge is -2.16. The molecule has 1 aliphatic rings. The van der Waals surface area contributed by atoms with Gasteiger partial charge in [0.1, 0.15) is 0 Å². The summed E-state index contributed by atoms with van der Waals surface area (Å²) in [4.78, 5) is 44.4. The van der Waals surface area contributed by atoms with Crippen LogP contribution in [0.5, 0.6) is 0 Å². The highest BCUT2D eigenvalue weighted by Gasteiger charge is 2.34.